The summed E-state index contributed by atoms with van der Waals surface area (Å²) in [5, 5.41) is 1.76. The molecule has 0 unspecified atom stereocenters. The maximum absolute atomic E-state index is 5.82. The second kappa shape index (κ2) is 2.88. The van der Waals surface area contributed by atoms with Gasteiger partial charge < -0.3 is 4.98 Å². The molecule has 0 aliphatic carbocycles. The van der Waals surface area contributed by atoms with Gasteiger partial charge in [0.25, 0.3) is 0 Å². The van der Waals surface area contributed by atoms with Crippen molar-refractivity contribution in [2.75, 3.05) is 0 Å². The molecule has 0 aliphatic heterocycles. The van der Waals surface area contributed by atoms with Gasteiger partial charge in [-0.1, -0.05) is 23.8 Å². The highest BCUT2D eigenvalue weighted by atomic mass is 35.5. The summed E-state index contributed by atoms with van der Waals surface area (Å²) in [6.07, 6.45) is 1.82. The molecule has 1 aromatic heterocycles. The van der Waals surface area contributed by atoms with Gasteiger partial charge in [0.15, 0.2) is 0 Å². The van der Waals surface area contributed by atoms with Crippen LogP contribution < -0.4 is 0 Å². The van der Waals surface area contributed by atoms with Gasteiger partial charge in [-0.15, -0.1) is 0 Å². The molecule has 0 fully saturated rings. The summed E-state index contributed by atoms with van der Waals surface area (Å²) in [5.41, 5.74) is 0.981. The molecular formula is C9H6ClNS. The number of hydrogen-bond acceptors (Lipinski definition) is 1. The van der Waals surface area contributed by atoms with Crippen molar-refractivity contribution in [3.05, 3.63) is 40.0 Å². The van der Waals surface area contributed by atoms with Crippen molar-refractivity contribution in [3.63, 3.8) is 0 Å². The van der Waals surface area contributed by atoms with Crippen LogP contribution >= 0.6 is 23.8 Å². The molecule has 3 heteroatoms. The zero-order valence-electron chi connectivity index (χ0n) is 6.17. The summed E-state index contributed by atoms with van der Waals surface area (Å²) in [6.45, 7) is 0. The van der Waals surface area contributed by atoms with E-state index in [1.54, 1.807) is 0 Å². The predicted molar refractivity (Wildman–Crippen MR) is 54.1 cm³/mol. The van der Waals surface area contributed by atoms with Crippen LogP contribution in [-0.2, 0) is 0 Å². The lowest BCUT2D eigenvalue weighted by molar-refractivity contribution is 1.41. The maximum Gasteiger partial charge on any atom is 0.0484 e. The number of halogens is 1. The SMILES string of the molecule is S=c1cc[nH]c2cc(Cl)ccc12. The van der Waals surface area contributed by atoms with Gasteiger partial charge in [-0.25, -0.2) is 0 Å². The molecule has 0 bridgehead atoms. The van der Waals surface area contributed by atoms with Crippen LogP contribution in [0.5, 0.6) is 0 Å². The topological polar surface area (TPSA) is 15.8 Å². The Morgan fingerprint density at radius 2 is 2.08 bits per heavy atom. The third-order valence-electron chi connectivity index (χ3n) is 1.72. The fraction of sp³-hybridized carbons (Fsp3) is 0. The highest BCUT2D eigenvalue weighted by Gasteiger charge is 1.94. The number of pyridine rings is 1. The summed E-state index contributed by atoms with van der Waals surface area (Å²) in [5.74, 6) is 0. The van der Waals surface area contributed by atoms with Crippen molar-refractivity contribution in [1.82, 2.24) is 4.98 Å². The van der Waals surface area contributed by atoms with Crippen LogP contribution in [0.4, 0.5) is 0 Å². The molecule has 2 aromatic rings. The summed E-state index contributed by atoms with van der Waals surface area (Å²) in [7, 11) is 0. The monoisotopic (exact) mass is 195 g/mol. The standard InChI is InChI=1S/C9H6ClNS/c10-6-1-2-7-8(5-6)11-4-3-9(7)12/h1-5H,(H,11,12). The molecule has 0 radical (unpaired) electrons. The molecule has 60 valence electrons. The van der Waals surface area contributed by atoms with E-state index in [0.717, 1.165) is 20.4 Å². The number of aromatic nitrogens is 1. The number of benzene rings is 1. The van der Waals surface area contributed by atoms with Crippen LogP contribution in [-0.4, -0.2) is 4.98 Å². The molecule has 0 saturated carbocycles. The summed E-state index contributed by atoms with van der Waals surface area (Å²) in [4.78, 5) is 3.08. The van der Waals surface area contributed by atoms with Gasteiger partial charge in [0.2, 0.25) is 0 Å². The maximum atomic E-state index is 5.82. The first-order valence-electron chi connectivity index (χ1n) is 3.54. The van der Waals surface area contributed by atoms with E-state index in [0.29, 0.717) is 0 Å². The molecular weight excluding hydrogens is 190 g/mol. The summed E-state index contributed by atoms with van der Waals surface area (Å²) < 4.78 is 0.848. The lowest BCUT2D eigenvalue weighted by Crippen LogP contribution is -1.77. The Bertz CT molecular complexity index is 475. The van der Waals surface area contributed by atoms with Crippen LogP contribution in [0.15, 0.2) is 30.5 Å². The largest absolute Gasteiger partial charge is 0.361 e. The molecule has 1 heterocycles. The van der Waals surface area contributed by atoms with Crippen LogP contribution in [0.2, 0.25) is 5.02 Å². The number of nitrogens with one attached hydrogen (secondary N) is 1. The summed E-state index contributed by atoms with van der Waals surface area (Å²) in [6, 6.07) is 7.50. The van der Waals surface area contributed by atoms with Gasteiger partial charge in [0, 0.05) is 26.6 Å². The third kappa shape index (κ3) is 1.24. The van der Waals surface area contributed by atoms with Crippen LogP contribution in [0.3, 0.4) is 0 Å². The van der Waals surface area contributed by atoms with Crippen molar-refractivity contribution in [1.29, 1.82) is 0 Å². The number of hydrogen-bond donors (Lipinski definition) is 1. The van der Waals surface area contributed by atoms with Crippen molar-refractivity contribution in [3.8, 4) is 0 Å². The molecule has 1 N–H and O–H groups in total. The van der Waals surface area contributed by atoms with E-state index in [2.05, 4.69) is 4.98 Å². The fourth-order valence-corrected chi connectivity index (χ4v) is 1.57. The summed E-state index contributed by atoms with van der Waals surface area (Å²) >= 11 is 11.0. The second-order valence-corrected chi connectivity index (χ2v) is 3.41. The van der Waals surface area contributed by atoms with Crippen molar-refractivity contribution in [2.24, 2.45) is 0 Å². The Labute approximate surface area is 80.0 Å². The third-order valence-corrected chi connectivity index (χ3v) is 2.31. The molecule has 0 aliphatic rings. The molecule has 1 aromatic carbocycles. The average Bonchev–Trinajstić information content (AvgIpc) is 2.04. The second-order valence-electron chi connectivity index (χ2n) is 2.53. The fourth-order valence-electron chi connectivity index (χ4n) is 1.15. The zero-order chi connectivity index (χ0) is 8.55. The van der Waals surface area contributed by atoms with Gasteiger partial charge in [0.1, 0.15) is 0 Å². The minimum atomic E-state index is 0.722. The van der Waals surface area contributed by atoms with Gasteiger partial charge >= 0.3 is 0 Å². The average molecular weight is 196 g/mol. The van der Waals surface area contributed by atoms with Crippen molar-refractivity contribution < 1.29 is 0 Å². The smallest absolute Gasteiger partial charge is 0.0484 e. The minimum Gasteiger partial charge on any atom is -0.361 e. The van der Waals surface area contributed by atoms with E-state index in [1.807, 2.05) is 30.5 Å². The van der Waals surface area contributed by atoms with Gasteiger partial charge in [-0.3, -0.25) is 0 Å². The molecule has 1 nitrogen and oxygen atoms in total. The Balaban J connectivity index is 2.96. The van der Waals surface area contributed by atoms with E-state index >= 15 is 0 Å². The Hall–Kier alpha value is -0.860. The quantitative estimate of drug-likeness (QED) is 0.636. The lowest BCUT2D eigenvalue weighted by Gasteiger charge is -1.97. The Morgan fingerprint density at radius 3 is 2.92 bits per heavy atom. The molecule has 2 rings (SSSR count). The predicted octanol–water partition coefficient (Wildman–Crippen LogP) is 3.55. The van der Waals surface area contributed by atoms with E-state index in [9.17, 15) is 0 Å². The number of fused-ring (bicyclic) bond motifs is 1. The Kier molecular flexibility index (Phi) is 1.87. The van der Waals surface area contributed by atoms with Gasteiger partial charge in [0.05, 0.1) is 0 Å². The number of aromatic amines is 1. The van der Waals surface area contributed by atoms with E-state index < -0.39 is 0 Å². The molecule has 12 heavy (non-hydrogen) atoms. The van der Waals surface area contributed by atoms with Crippen LogP contribution in [0, 0.1) is 4.51 Å². The first kappa shape index (κ1) is 7.77. The molecule has 0 spiro atoms. The highest BCUT2D eigenvalue weighted by Crippen LogP contribution is 2.17. The first-order chi connectivity index (χ1) is 5.77. The normalized spacial score (nSPS) is 10.4. The number of rotatable bonds is 0. The molecule has 0 amide bonds. The lowest BCUT2D eigenvalue weighted by atomic mass is 10.2. The zero-order valence-corrected chi connectivity index (χ0v) is 7.75. The van der Waals surface area contributed by atoms with E-state index in [4.69, 9.17) is 23.8 Å². The van der Waals surface area contributed by atoms with Gasteiger partial charge in [-0.05, 0) is 24.3 Å². The van der Waals surface area contributed by atoms with Gasteiger partial charge in [-0.2, -0.15) is 0 Å². The van der Waals surface area contributed by atoms with E-state index in [-0.39, 0.29) is 0 Å². The van der Waals surface area contributed by atoms with E-state index in [1.165, 1.54) is 0 Å². The number of H-pyrrole nitrogens is 1. The van der Waals surface area contributed by atoms with Crippen molar-refractivity contribution in [2.45, 2.75) is 0 Å². The molecule has 0 saturated heterocycles. The minimum absolute atomic E-state index is 0.722. The van der Waals surface area contributed by atoms with Crippen LogP contribution in [0.25, 0.3) is 10.9 Å². The highest BCUT2D eigenvalue weighted by molar-refractivity contribution is 7.71. The Morgan fingerprint density at radius 1 is 1.25 bits per heavy atom. The first-order valence-corrected chi connectivity index (χ1v) is 4.33. The molecule has 0 atom stereocenters. The van der Waals surface area contributed by atoms with Crippen LogP contribution in [0.1, 0.15) is 0 Å². The van der Waals surface area contributed by atoms with Crippen molar-refractivity contribution >= 4 is 34.7 Å².